The lowest BCUT2D eigenvalue weighted by Crippen LogP contribution is -2.56. The zero-order valence-electron chi connectivity index (χ0n) is 10.1. The predicted octanol–water partition coefficient (Wildman–Crippen LogP) is -0.112. The van der Waals surface area contributed by atoms with Gasteiger partial charge in [0.05, 0.1) is 5.75 Å². The Morgan fingerprint density at radius 2 is 2.11 bits per heavy atom. The van der Waals surface area contributed by atoms with Crippen LogP contribution in [-0.2, 0) is 19.4 Å². The van der Waals surface area contributed by atoms with Gasteiger partial charge in [-0.15, -0.1) is 0 Å². The molecule has 8 heteroatoms. The number of amides is 1. The molecule has 6 nitrogen and oxygen atoms in total. The summed E-state index contributed by atoms with van der Waals surface area (Å²) in [4.78, 5) is 22.8. The third kappa shape index (κ3) is 3.88. The zero-order chi connectivity index (χ0) is 13.8. The number of hydrogen-bond donors (Lipinski definition) is 2. The maximum atomic E-state index is 11.6. The van der Waals surface area contributed by atoms with E-state index < -0.39 is 33.0 Å². The highest BCUT2D eigenvalue weighted by Crippen LogP contribution is 2.28. The zero-order valence-corrected chi connectivity index (χ0v) is 11.8. The van der Waals surface area contributed by atoms with Crippen molar-refractivity contribution in [2.45, 2.75) is 25.3 Å². The average Bonchev–Trinajstić information content (AvgIpc) is 2.65. The molecular formula is C10H17NO5S2. The van der Waals surface area contributed by atoms with E-state index in [1.165, 1.54) is 11.8 Å². The third-order valence-electron chi connectivity index (χ3n) is 2.68. The van der Waals surface area contributed by atoms with Crippen LogP contribution >= 0.6 is 11.8 Å². The van der Waals surface area contributed by atoms with Crippen molar-refractivity contribution in [3.8, 4) is 0 Å². The van der Waals surface area contributed by atoms with Gasteiger partial charge in [-0.2, -0.15) is 11.8 Å². The van der Waals surface area contributed by atoms with Crippen LogP contribution in [0.1, 0.15) is 19.8 Å². The van der Waals surface area contributed by atoms with Crippen molar-refractivity contribution in [3.05, 3.63) is 0 Å². The van der Waals surface area contributed by atoms with Crippen LogP contribution in [0.4, 0.5) is 0 Å². The van der Waals surface area contributed by atoms with E-state index in [-0.39, 0.29) is 11.5 Å². The molecule has 1 saturated heterocycles. The Morgan fingerprint density at radius 1 is 1.44 bits per heavy atom. The lowest BCUT2D eigenvalue weighted by Gasteiger charge is -2.24. The van der Waals surface area contributed by atoms with Crippen LogP contribution in [0.2, 0.25) is 0 Å². The van der Waals surface area contributed by atoms with Crippen LogP contribution in [0.3, 0.4) is 0 Å². The number of carbonyl (C=O) groups is 2. The van der Waals surface area contributed by atoms with E-state index in [1.54, 1.807) is 6.92 Å². The Labute approximate surface area is 110 Å². The number of carboxylic acids is 1. The molecule has 0 radical (unpaired) electrons. The van der Waals surface area contributed by atoms with Crippen molar-refractivity contribution in [3.63, 3.8) is 0 Å². The molecule has 2 N–H and O–H groups in total. The molecule has 0 aromatic rings. The maximum Gasteiger partial charge on any atom is 0.330 e. The minimum Gasteiger partial charge on any atom is -0.479 e. The maximum absolute atomic E-state index is 11.6. The average molecular weight is 295 g/mol. The highest BCUT2D eigenvalue weighted by molar-refractivity contribution is 7.99. The fourth-order valence-corrected chi connectivity index (χ4v) is 4.34. The fraction of sp³-hybridized carbons (Fsp3) is 0.800. The lowest BCUT2D eigenvalue weighted by molar-refractivity contribution is -0.146. The van der Waals surface area contributed by atoms with Gasteiger partial charge in [0.15, 0.2) is 9.84 Å². The van der Waals surface area contributed by atoms with E-state index in [9.17, 15) is 18.0 Å². The number of rotatable bonds is 6. The Kier molecular flexibility index (Phi) is 5.03. The molecule has 1 amide bonds. The smallest absolute Gasteiger partial charge is 0.330 e. The fourth-order valence-electron chi connectivity index (χ4n) is 1.77. The summed E-state index contributed by atoms with van der Waals surface area (Å²) in [5.74, 6) is -1.60. The van der Waals surface area contributed by atoms with Gasteiger partial charge in [-0.25, -0.2) is 13.2 Å². The molecule has 1 rings (SSSR count). The monoisotopic (exact) mass is 295 g/mol. The molecule has 0 bridgehead atoms. The molecule has 0 aromatic carbocycles. The van der Waals surface area contributed by atoms with Crippen molar-refractivity contribution in [2.24, 2.45) is 0 Å². The van der Waals surface area contributed by atoms with Gasteiger partial charge in [0.25, 0.3) is 0 Å². The van der Waals surface area contributed by atoms with Gasteiger partial charge in [-0.1, -0.05) is 6.92 Å². The van der Waals surface area contributed by atoms with Gasteiger partial charge in [0, 0.05) is 5.75 Å². The first kappa shape index (κ1) is 15.3. The second kappa shape index (κ2) is 5.92. The molecule has 104 valence electrons. The summed E-state index contributed by atoms with van der Waals surface area (Å²) in [7, 11) is -3.44. The minimum atomic E-state index is -3.44. The molecule has 1 heterocycles. The van der Waals surface area contributed by atoms with Crippen LogP contribution in [0.5, 0.6) is 0 Å². The number of carboxylic acid groups (broad SMARTS) is 1. The van der Waals surface area contributed by atoms with E-state index in [0.29, 0.717) is 18.6 Å². The summed E-state index contributed by atoms with van der Waals surface area (Å²) in [5.41, 5.74) is -1.30. The number of hydrogen-bond acceptors (Lipinski definition) is 5. The number of aliphatic carboxylic acids is 1. The van der Waals surface area contributed by atoms with E-state index in [0.717, 1.165) is 0 Å². The van der Waals surface area contributed by atoms with Crippen molar-refractivity contribution in [2.75, 3.05) is 23.0 Å². The quantitative estimate of drug-likeness (QED) is 0.709. The standard InChI is InChI=1S/C10H17NO5S2/c1-2-5-18(15,16)6-8(12)11-10(9(13)14)3-4-17-7-10/h2-7H2,1H3,(H,11,12)(H,13,14). The SMILES string of the molecule is CCCS(=O)(=O)CC(=O)NC1(C(=O)O)CCSC1. The second-order valence-corrected chi connectivity index (χ2v) is 7.62. The first-order chi connectivity index (χ1) is 8.31. The summed E-state index contributed by atoms with van der Waals surface area (Å²) in [6.07, 6.45) is 0.766. The lowest BCUT2D eigenvalue weighted by atomic mass is 9.99. The van der Waals surface area contributed by atoms with Crippen molar-refractivity contribution < 1.29 is 23.1 Å². The van der Waals surface area contributed by atoms with Crippen LogP contribution in [0.15, 0.2) is 0 Å². The largest absolute Gasteiger partial charge is 0.479 e. The van der Waals surface area contributed by atoms with Crippen LogP contribution in [0, 0.1) is 0 Å². The van der Waals surface area contributed by atoms with E-state index in [2.05, 4.69) is 5.32 Å². The first-order valence-corrected chi connectivity index (χ1v) is 8.61. The molecule has 18 heavy (non-hydrogen) atoms. The number of nitrogens with one attached hydrogen (secondary N) is 1. The van der Waals surface area contributed by atoms with Gasteiger partial charge < -0.3 is 10.4 Å². The van der Waals surface area contributed by atoms with Crippen LogP contribution < -0.4 is 5.32 Å². The topological polar surface area (TPSA) is 101 Å². The summed E-state index contributed by atoms with van der Waals surface area (Å²) in [5, 5.41) is 11.5. The molecule has 0 aliphatic carbocycles. The van der Waals surface area contributed by atoms with Gasteiger partial charge in [-0.05, 0) is 18.6 Å². The van der Waals surface area contributed by atoms with E-state index in [1.807, 2.05) is 0 Å². The minimum absolute atomic E-state index is 0.0603. The summed E-state index contributed by atoms with van der Waals surface area (Å²) in [6, 6.07) is 0. The summed E-state index contributed by atoms with van der Waals surface area (Å²) in [6.45, 7) is 1.71. The Hall–Kier alpha value is -0.760. The van der Waals surface area contributed by atoms with Crippen molar-refractivity contribution in [1.82, 2.24) is 5.32 Å². The Bertz CT molecular complexity index is 426. The molecular weight excluding hydrogens is 278 g/mol. The summed E-state index contributed by atoms with van der Waals surface area (Å²) >= 11 is 1.43. The second-order valence-electron chi connectivity index (χ2n) is 4.33. The molecule has 1 unspecified atom stereocenters. The third-order valence-corrected chi connectivity index (χ3v) is 5.60. The van der Waals surface area contributed by atoms with Crippen LogP contribution in [-0.4, -0.2) is 54.0 Å². The number of sulfone groups is 1. The van der Waals surface area contributed by atoms with Crippen molar-refractivity contribution in [1.29, 1.82) is 0 Å². The van der Waals surface area contributed by atoms with E-state index in [4.69, 9.17) is 5.11 Å². The molecule has 1 fully saturated rings. The van der Waals surface area contributed by atoms with Gasteiger partial charge in [0.1, 0.15) is 11.3 Å². The van der Waals surface area contributed by atoms with Crippen molar-refractivity contribution >= 4 is 33.5 Å². The molecule has 0 saturated carbocycles. The van der Waals surface area contributed by atoms with Gasteiger partial charge in [-0.3, -0.25) is 4.79 Å². The number of thioether (sulfide) groups is 1. The molecule has 1 aliphatic heterocycles. The van der Waals surface area contributed by atoms with Gasteiger partial charge >= 0.3 is 5.97 Å². The summed E-state index contributed by atoms with van der Waals surface area (Å²) < 4.78 is 23.0. The molecule has 0 aromatic heterocycles. The Balaban J connectivity index is 2.66. The van der Waals surface area contributed by atoms with E-state index >= 15 is 0 Å². The van der Waals surface area contributed by atoms with Gasteiger partial charge in [0.2, 0.25) is 5.91 Å². The molecule has 1 atom stereocenters. The first-order valence-electron chi connectivity index (χ1n) is 5.64. The predicted molar refractivity (Wildman–Crippen MR) is 69.4 cm³/mol. The molecule has 0 spiro atoms. The number of carbonyl (C=O) groups excluding carboxylic acids is 1. The highest BCUT2D eigenvalue weighted by Gasteiger charge is 2.43. The molecule has 1 aliphatic rings. The van der Waals surface area contributed by atoms with Crippen LogP contribution in [0.25, 0.3) is 0 Å². The highest BCUT2D eigenvalue weighted by atomic mass is 32.2. The Morgan fingerprint density at radius 3 is 2.56 bits per heavy atom. The normalized spacial score (nSPS) is 23.8.